The van der Waals surface area contributed by atoms with E-state index in [4.69, 9.17) is 21.7 Å². The molecule has 0 saturated carbocycles. The second-order valence-electron chi connectivity index (χ2n) is 4.62. The molecule has 1 N–H and O–H groups in total. The van der Waals surface area contributed by atoms with E-state index in [1.807, 2.05) is 23.1 Å². The number of ether oxygens (including phenoxy) is 2. The fourth-order valence-electron chi connectivity index (χ4n) is 2.14. The third-order valence-electron chi connectivity index (χ3n) is 3.40. The maximum Gasteiger partial charge on any atom is 0.209 e. The number of hydrogen-bond donors (Lipinski definition) is 1. The van der Waals surface area contributed by atoms with E-state index in [0.717, 1.165) is 30.9 Å². The molecule has 6 nitrogen and oxygen atoms in total. The summed E-state index contributed by atoms with van der Waals surface area (Å²) in [5, 5.41) is 3.80. The van der Waals surface area contributed by atoms with Crippen molar-refractivity contribution in [2.24, 2.45) is 0 Å². The van der Waals surface area contributed by atoms with Crippen LogP contribution in [0.4, 0.5) is 5.69 Å². The fraction of sp³-hybridized carbons (Fsp3) is 0.429. The Balaban J connectivity index is 2.04. The van der Waals surface area contributed by atoms with Gasteiger partial charge in [0.2, 0.25) is 6.41 Å². The molecule has 0 aliphatic carbocycles. The van der Waals surface area contributed by atoms with Gasteiger partial charge in [-0.25, -0.2) is 0 Å². The predicted octanol–water partition coefficient (Wildman–Crippen LogP) is 1.17. The lowest BCUT2D eigenvalue weighted by atomic mass is 10.2. The highest BCUT2D eigenvalue weighted by atomic mass is 32.1. The van der Waals surface area contributed by atoms with Gasteiger partial charge in [0.25, 0.3) is 0 Å². The molecule has 114 valence electrons. The maximum absolute atomic E-state index is 10.7. The van der Waals surface area contributed by atoms with Crippen LogP contribution in [0.5, 0.6) is 11.5 Å². The number of carbonyl (C=O) groups excluding carboxylic acids is 1. The lowest BCUT2D eigenvalue weighted by molar-refractivity contribution is -0.119. The van der Waals surface area contributed by atoms with Crippen LogP contribution in [0.3, 0.4) is 0 Å². The van der Waals surface area contributed by atoms with E-state index in [1.54, 1.807) is 19.1 Å². The maximum atomic E-state index is 10.7. The first-order valence-corrected chi connectivity index (χ1v) is 7.06. The second-order valence-corrected chi connectivity index (χ2v) is 5.01. The first kappa shape index (κ1) is 15.4. The summed E-state index contributed by atoms with van der Waals surface area (Å²) in [7, 11) is 3.22. The monoisotopic (exact) mass is 309 g/mol. The summed E-state index contributed by atoms with van der Waals surface area (Å²) in [6.45, 7) is 2.80. The van der Waals surface area contributed by atoms with E-state index in [0.29, 0.717) is 24.0 Å². The molecule has 1 aliphatic rings. The van der Waals surface area contributed by atoms with Gasteiger partial charge >= 0.3 is 0 Å². The minimum absolute atomic E-state index is 0.618. The summed E-state index contributed by atoms with van der Waals surface area (Å²) in [5.41, 5.74) is 0.764. The van der Waals surface area contributed by atoms with Gasteiger partial charge < -0.3 is 24.6 Å². The highest BCUT2D eigenvalue weighted by molar-refractivity contribution is 7.80. The van der Waals surface area contributed by atoms with Gasteiger partial charge in [-0.1, -0.05) is 0 Å². The molecule has 21 heavy (non-hydrogen) atoms. The predicted molar refractivity (Wildman–Crippen MR) is 85.0 cm³/mol. The van der Waals surface area contributed by atoms with E-state index in [2.05, 4.69) is 5.32 Å². The molecule has 1 heterocycles. The number of nitrogens with one attached hydrogen (secondary N) is 1. The number of nitrogens with zero attached hydrogens (tertiary/aromatic N) is 2. The van der Waals surface area contributed by atoms with Crippen LogP contribution in [-0.4, -0.2) is 61.7 Å². The van der Waals surface area contributed by atoms with E-state index in [1.165, 1.54) is 0 Å². The van der Waals surface area contributed by atoms with E-state index in [9.17, 15) is 4.79 Å². The summed E-state index contributed by atoms with van der Waals surface area (Å²) >= 11 is 5.43. The van der Waals surface area contributed by atoms with Gasteiger partial charge in [0.05, 0.1) is 19.9 Å². The van der Waals surface area contributed by atoms with Crippen molar-refractivity contribution in [2.75, 3.05) is 45.7 Å². The third-order valence-corrected chi connectivity index (χ3v) is 3.76. The number of carbonyl (C=O) groups is 1. The lowest BCUT2D eigenvalue weighted by Crippen LogP contribution is -2.49. The molecule has 1 aliphatic heterocycles. The Labute approximate surface area is 129 Å². The summed E-state index contributed by atoms with van der Waals surface area (Å²) in [5.74, 6) is 1.43. The second kappa shape index (κ2) is 7.12. The number of methoxy groups -OCH3 is 2. The topological polar surface area (TPSA) is 54.0 Å². The van der Waals surface area contributed by atoms with Crippen LogP contribution >= 0.6 is 12.2 Å². The first-order chi connectivity index (χ1) is 10.2. The molecule has 1 aromatic carbocycles. The highest BCUT2D eigenvalue weighted by Gasteiger charge is 2.18. The molecule has 7 heteroatoms. The minimum atomic E-state index is 0.618. The van der Waals surface area contributed by atoms with Gasteiger partial charge in [0, 0.05) is 32.2 Å². The van der Waals surface area contributed by atoms with E-state index < -0.39 is 0 Å². The molecule has 0 atom stereocenters. The normalized spacial score (nSPS) is 14.6. The molecule has 1 aromatic rings. The van der Waals surface area contributed by atoms with Crippen molar-refractivity contribution >= 4 is 29.4 Å². The summed E-state index contributed by atoms with van der Waals surface area (Å²) in [6, 6.07) is 5.50. The Kier molecular flexibility index (Phi) is 5.21. The lowest BCUT2D eigenvalue weighted by Gasteiger charge is -2.34. The summed E-state index contributed by atoms with van der Waals surface area (Å²) in [6.07, 6.45) is 0.874. The molecule has 0 spiro atoms. The van der Waals surface area contributed by atoms with Crippen LogP contribution in [-0.2, 0) is 4.79 Å². The van der Waals surface area contributed by atoms with Gasteiger partial charge in [-0.2, -0.15) is 0 Å². The zero-order valence-electron chi connectivity index (χ0n) is 12.2. The molecule has 0 aromatic heterocycles. The van der Waals surface area contributed by atoms with Gasteiger partial charge in [-0.3, -0.25) is 4.79 Å². The van der Waals surface area contributed by atoms with Crippen LogP contribution in [0.1, 0.15) is 0 Å². The van der Waals surface area contributed by atoms with Gasteiger partial charge in [-0.15, -0.1) is 0 Å². The molecule has 1 fully saturated rings. The van der Waals surface area contributed by atoms with Crippen molar-refractivity contribution in [3.05, 3.63) is 18.2 Å². The minimum Gasteiger partial charge on any atom is -0.497 e. The standard InChI is InChI=1S/C14H19N3O3S/c1-19-11-3-4-13(20-2)12(9-11)15-14(21)17-7-5-16(10-18)6-8-17/h3-4,9-10H,5-8H2,1-2H3,(H,15,21). The van der Waals surface area contributed by atoms with E-state index >= 15 is 0 Å². The van der Waals surface area contributed by atoms with E-state index in [-0.39, 0.29) is 0 Å². The molecular formula is C14H19N3O3S. The van der Waals surface area contributed by atoms with Gasteiger partial charge in [0.15, 0.2) is 5.11 Å². The molecule has 0 radical (unpaired) electrons. The number of thiocarbonyl (C=S) groups is 1. The summed E-state index contributed by atoms with van der Waals surface area (Å²) in [4.78, 5) is 14.5. The largest absolute Gasteiger partial charge is 0.497 e. The quantitative estimate of drug-likeness (QED) is 0.666. The first-order valence-electron chi connectivity index (χ1n) is 6.65. The van der Waals surface area contributed by atoms with Crippen LogP contribution in [0.25, 0.3) is 0 Å². The molecule has 2 rings (SSSR count). The summed E-state index contributed by atoms with van der Waals surface area (Å²) < 4.78 is 10.5. The number of piperazine rings is 1. The van der Waals surface area contributed by atoms with Crippen molar-refractivity contribution in [1.82, 2.24) is 9.80 Å². The Morgan fingerprint density at radius 1 is 1.24 bits per heavy atom. The van der Waals surface area contributed by atoms with Crippen LogP contribution in [0.15, 0.2) is 18.2 Å². The fourth-order valence-corrected chi connectivity index (χ4v) is 2.43. The number of hydrogen-bond acceptors (Lipinski definition) is 4. The van der Waals surface area contributed by atoms with Gasteiger partial charge in [-0.05, 0) is 24.4 Å². The number of rotatable bonds is 4. The average molecular weight is 309 g/mol. The van der Waals surface area contributed by atoms with Crippen molar-refractivity contribution in [3.8, 4) is 11.5 Å². The highest BCUT2D eigenvalue weighted by Crippen LogP contribution is 2.29. The molecule has 0 bridgehead atoms. The Hall–Kier alpha value is -2.02. The Bertz CT molecular complexity index is 516. The van der Waals surface area contributed by atoms with Gasteiger partial charge in [0.1, 0.15) is 11.5 Å². The van der Waals surface area contributed by atoms with Crippen molar-refractivity contribution in [3.63, 3.8) is 0 Å². The van der Waals surface area contributed by atoms with Crippen LogP contribution < -0.4 is 14.8 Å². The third kappa shape index (κ3) is 3.75. The van der Waals surface area contributed by atoms with Crippen LogP contribution in [0.2, 0.25) is 0 Å². The van der Waals surface area contributed by atoms with Crippen molar-refractivity contribution in [2.45, 2.75) is 0 Å². The Morgan fingerprint density at radius 3 is 2.52 bits per heavy atom. The number of amides is 1. The van der Waals surface area contributed by atoms with Crippen LogP contribution in [0, 0.1) is 0 Å². The van der Waals surface area contributed by atoms with Crippen molar-refractivity contribution in [1.29, 1.82) is 0 Å². The van der Waals surface area contributed by atoms with Crippen molar-refractivity contribution < 1.29 is 14.3 Å². The molecule has 0 unspecified atom stereocenters. The molecular weight excluding hydrogens is 290 g/mol. The number of anilines is 1. The molecule has 1 saturated heterocycles. The number of benzene rings is 1. The Morgan fingerprint density at radius 2 is 1.95 bits per heavy atom. The molecule has 1 amide bonds. The zero-order chi connectivity index (χ0) is 15.2. The SMILES string of the molecule is COc1ccc(OC)c(NC(=S)N2CCN(C=O)CC2)c1. The zero-order valence-corrected chi connectivity index (χ0v) is 13.0. The smallest absolute Gasteiger partial charge is 0.209 e. The average Bonchev–Trinajstić information content (AvgIpc) is 2.54.